The summed E-state index contributed by atoms with van der Waals surface area (Å²) in [7, 11) is 0. The van der Waals surface area contributed by atoms with Crippen LogP contribution in [0.2, 0.25) is 0 Å². The van der Waals surface area contributed by atoms with E-state index >= 15 is 0 Å². The Morgan fingerprint density at radius 2 is 1.91 bits per heavy atom. The third-order valence-electron chi connectivity index (χ3n) is 6.85. The fraction of sp³-hybridized carbons (Fsp3) is 0.593. The maximum atomic E-state index is 13.8. The van der Waals surface area contributed by atoms with Crippen LogP contribution >= 0.6 is 0 Å². The van der Waals surface area contributed by atoms with Gasteiger partial charge < -0.3 is 25.0 Å². The SMILES string of the molecule is CC(C)C[C@@H](/C=C/C(=O)N1CCc2ccccc21)NC(=O)[C@]1(C(C)(C)C)CN(C(=O)O)CCCO1. The van der Waals surface area contributed by atoms with Gasteiger partial charge >= 0.3 is 6.09 Å². The molecule has 2 aliphatic rings. The molecule has 3 amide bonds. The predicted molar refractivity (Wildman–Crippen MR) is 135 cm³/mol. The van der Waals surface area contributed by atoms with Crippen LogP contribution in [-0.4, -0.2) is 65.8 Å². The van der Waals surface area contributed by atoms with Crippen LogP contribution in [0, 0.1) is 11.3 Å². The van der Waals surface area contributed by atoms with Crippen molar-refractivity contribution in [2.75, 3.05) is 31.1 Å². The van der Waals surface area contributed by atoms with E-state index in [1.54, 1.807) is 11.0 Å². The number of fused-ring (bicyclic) bond motifs is 1. The molecular formula is C27H39N3O5. The molecule has 8 nitrogen and oxygen atoms in total. The Morgan fingerprint density at radius 3 is 2.57 bits per heavy atom. The molecule has 1 fully saturated rings. The number of hydrogen-bond donors (Lipinski definition) is 2. The number of benzene rings is 1. The van der Waals surface area contributed by atoms with Crippen LogP contribution in [0.25, 0.3) is 0 Å². The first-order valence-electron chi connectivity index (χ1n) is 12.4. The number of carbonyl (C=O) groups excluding carboxylic acids is 2. The number of carboxylic acid groups (broad SMARTS) is 1. The Morgan fingerprint density at radius 1 is 1.20 bits per heavy atom. The molecule has 2 atom stereocenters. The summed E-state index contributed by atoms with van der Waals surface area (Å²) in [5, 5.41) is 12.7. The lowest BCUT2D eigenvalue weighted by atomic mass is 9.74. The highest BCUT2D eigenvalue weighted by Gasteiger charge is 2.52. The molecule has 8 heteroatoms. The van der Waals surface area contributed by atoms with E-state index in [1.807, 2.05) is 45.0 Å². The Hall–Kier alpha value is -2.87. The van der Waals surface area contributed by atoms with Gasteiger partial charge in [-0.05, 0) is 36.8 Å². The van der Waals surface area contributed by atoms with Gasteiger partial charge in [0.2, 0.25) is 0 Å². The van der Waals surface area contributed by atoms with Gasteiger partial charge in [0.15, 0.2) is 5.60 Å². The average Bonchev–Trinajstić information content (AvgIpc) is 3.05. The zero-order valence-electron chi connectivity index (χ0n) is 21.5. The minimum Gasteiger partial charge on any atom is -0.465 e. The lowest BCUT2D eigenvalue weighted by Crippen LogP contribution is -2.63. The molecule has 2 heterocycles. The molecule has 3 rings (SSSR count). The molecule has 2 aliphatic heterocycles. The second kappa shape index (κ2) is 10.8. The summed E-state index contributed by atoms with van der Waals surface area (Å²) in [5.74, 6) is -0.206. The second-order valence-corrected chi connectivity index (χ2v) is 10.9. The second-order valence-electron chi connectivity index (χ2n) is 10.9. The standard InChI is InChI=1S/C27H39N3O5/c1-19(2)17-21(11-12-23(31)30-15-13-20-9-6-7-10-22(20)30)28-24(32)27(26(3,4)5)18-29(25(33)34)14-8-16-35-27/h6-7,9-12,19,21H,8,13-18H2,1-5H3,(H,28,32)(H,33,34)/b12-11+/t21-,27+/m1/s1. The van der Waals surface area contributed by atoms with Crippen molar-refractivity contribution in [1.29, 1.82) is 0 Å². The first kappa shape index (κ1) is 26.7. The number of nitrogens with zero attached hydrogens (tertiary/aromatic N) is 2. The fourth-order valence-corrected chi connectivity index (χ4v) is 4.82. The number of rotatable bonds is 6. The summed E-state index contributed by atoms with van der Waals surface area (Å²) < 4.78 is 6.13. The van der Waals surface area contributed by atoms with Gasteiger partial charge in [-0.25, -0.2) is 4.79 Å². The molecule has 0 unspecified atom stereocenters. The van der Waals surface area contributed by atoms with Gasteiger partial charge in [-0.2, -0.15) is 0 Å². The molecule has 2 N–H and O–H groups in total. The van der Waals surface area contributed by atoms with E-state index in [0.29, 0.717) is 32.5 Å². The van der Waals surface area contributed by atoms with E-state index in [4.69, 9.17) is 4.74 Å². The lowest BCUT2D eigenvalue weighted by molar-refractivity contribution is -0.165. The molecule has 0 radical (unpaired) electrons. The van der Waals surface area contributed by atoms with E-state index in [9.17, 15) is 19.5 Å². The van der Waals surface area contributed by atoms with Gasteiger partial charge in [-0.1, -0.05) is 58.9 Å². The van der Waals surface area contributed by atoms with Gasteiger partial charge in [-0.3, -0.25) is 9.59 Å². The monoisotopic (exact) mass is 485 g/mol. The Bertz CT molecular complexity index is 968. The summed E-state index contributed by atoms with van der Waals surface area (Å²) in [6.07, 6.45) is 4.22. The van der Waals surface area contributed by atoms with E-state index < -0.39 is 23.2 Å². The topological polar surface area (TPSA) is 99.2 Å². The first-order valence-corrected chi connectivity index (χ1v) is 12.4. The van der Waals surface area contributed by atoms with Crippen LogP contribution in [0.4, 0.5) is 10.5 Å². The minimum atomic E-state index is -1.34. The van der Waals surface area contributed by atoms with Crippen LogP contribution in [0.5, 0.6) is 0 Å². The normalized spacial score (nSPS) is 21.7. The van der Waals surface area contributed by atoms with Gasteiger partial charge in [0.25, 0.3) is 11.8 Å². The van der Waals surface area contributed by atoms with E-state index in [1.165, 1.54) is 11.0 Å². The largest absolute Gasteiger partial charge is 0.465 e. The summed E-state index contributed by atoms with van der Waals surface area (Å²) in [4.78, 5) is 41.6. The number of amides is 3. The van der Waals surface area contributed by atoms with Gasteiger partial charge in [0, 0.05) is 42.9 Å². The third-order valence-corrected chi connectivity index (χ3v) is 6.85. The number of nitrogens with one attached hydrogen (secondary N) is 1. The van der Waals surface area contributed by atoms with Crippen LogP contribution < -0.4 is 10.2 Å². The number of carbonyl (C=O) groups is 3. The van der Waals surface area contributed by atoms with Crippen molar-refractivity contribution < 1.29 is 24.2 Å². The van der Waals surface area contributed by atoms with Crippen molar-refractivity contribution in [3.05, 3.63) is 42.0 Å². The predicted octanol–water partition coefficient (Wildman–Crippen LogP) is 3.85. The van der Waals surface area contributed by atoms with Crippen LogP contribution in [0.1, 0.15) is 53.0 Å². The van der Waals surface area contributed by atoms with Gasteiger partial charge in [0.1, 0.15) is 0 Å². The molecule has 0 saturated carbocycles. The fourth-order valence-electron chi connectivity index (χ4n) is 4.82. The zero-order chi connectivity index (χ0) is 25.8. The zero-order valence-corrected chi connectivity index (χ0v) is 21.5. The van der Waals surface area contributed by atoms with Crippen molar-refractivity contribution in [2.45, 2.75) is 65.5 Å². The molecule has 0 aromatic heterocycles. The molecule has 1 saturated heterocycles. The Kier molecular flexibility index (Phi) is 8.26. The van der Waals surface area contributed by atoms with Crippen molar-refractivity contribution in [3.8, 4) is 0 Å². The maximum Gasteiger partial charge on any atom is 0.407 e. The van der Waals surface area contributed by atoms with Crippen molar-refractivity contribution >= 4 is 23.6 Å². The van der Waals surface area contributed by atoms with Gasteiger partial charge in [0.05, 0.1) is 6.54 Å². The average molecular weight is 486 g/mol. The quantitative estimate of drug-likeness (QED) is 0.597. The van der Waals surface area contributed by atoms with Crippen LogP contribution in [-0.2, 0) is 20.7 Å². The highest BCUT2D eigenvalue weighted by atomic mass is 16.5. The third kappa shape index (κ3) is 6.04. The summed E-state index contributed by atoms with van der Waals surface area (Å²) in [5.41, 5.74) is 0.0832. The number of ether oxygens (including phenoxy) is 1. The van der Waals surface area contributed by atoms with Crippen LogP contribution in [0.15, 0.2) is 36.4 Å². The van der Waals surface area contributed by atoms with Crippen molar-refractivity contribution in [2.24, 2.45) is 11.3 Å². The molecule has 0 spiro atoms. The molecule has 1 aromatic rings. The number of para-hydroxylation sites is 1. The smallest absolute Gasteiger partial charge is 0.407 e. The minimum absolute atomic E-state index is 0.0424. The van der Waals surface area contributed by atoms with E-state index in [2.05, 4.69) is 19.2 Å². The molecular weight excluding hydrogens is 446 g/mol. The van der Waals surface area contributed by atoms with Gasteiger partial charge in [-0.15, -0.1) is 0 Å². The summed E-state index contributed by atoms with van der Waals surface area (Å²) in [6, 6.07) is 7.49. The summed E-state index contributed by atoms with van der Waals surface area (Å²) >= 11 is 0. The molecule has 0 bridgehead atoms. The molecule has 192 valence electrons. The molecule has 1 aromatic carbocycles. The Labute approximate surface area is 208 Å². The lowest BCUT2D eigenvalue weighted by Gasteiger charge is -2.44. The van der Waals surface area contributed by atoms with Crippen molar-refractivity contribution in [1.82, 2.24) is 10.2 Å². The molecule has 35 heavy (non-hydrogen) atoms. The number of anilines is 1. The van der Waals surface area contributed by atoms with E-state index in [-0.39, 0.29) is 24.3 Å². The Balaban J connectivity index is 1.81. The highest BCUT2D eigenvalue weighted by molar-refractivity contribution is 6.03. The maximum absolute atomic E-state index is 13.8. The highest BCUT2D eigenvalue weighted by Crippen LogP contribution is 2.37. The van der Waals surface area contributed by atoms with E-state index in [0.717, 1.165) is 17.7 Å². The molecule has 0 aliphatic carbocycles. The summed E-state index contributed by atoms with van der Waals surface area (Å²) in [6.45, 7) is 11.0. The van der Waals surface area contributed by atoms with Crippen LogP contribution in [0.3, 0.4) is 0 Å². The first-order chi connectivity index (χ1) is 16.4. The van der Waals surface area contributed by atoms with Crippen molar-refractivity contribution in [3.63, 3.8) is 0 Å². The number of hydrogen-bond acceptors (Lipinski definition) is 4.